The summed E-state index contributed by atoms with van der Waals surface area (Å²) in [5.74, 6) is 1.66. The molecule has 0 saturated heterocycles. The zero-order chi connectivity index (χ0) is 9.68. The quantitative estimate of drug-likeness (QED) is 0.704. The number of aromatic nitrogens is 1. The van der Waals surface area contributed by atoms with Crippen LogP contribution in [0.2, 0.25) is 0 Å². The normalized spacial score (nSPS) is 13.2. The first-order chi connectivity index (χ1) is 6.26. The fourth-order valence-electron chi connectivity index (χ4n) is 0.938. The van der Waals surface area contributed by atoms with Crippen LogP contribution in [0.1, 0.15) is 25.5 Å². The Hall–Kier alpha value is -0.870. The summed E-state index contributed by atoms with van der Waals surface area (Å²) in [5, 5.41) is 3.20. The fraction of sp³-hybridized carbons (Fsp3) is 0.667. The molecule has 0 amide bonds. The first kappa shape index (κ1) is 10.2. The van der Waals surface area contributed by atoms with Crippen molar-refractivity contribution in [1.29, 1.82) is 0 Å². The molecule has 1 aromatic rings. The van der Waals surface area contributed by atoms with Crippen LogP contribution in [-0.4, -0.2) is 17.6 Å². The molecule has 1 aromatic heterocycles. The smallest absolute Gasteiger partial charge is 0.208 e. The first-order valence-electron chi connectivity index (χ1n) is 4.63. The van der Waals surface area contributed by atoms with Gasteiger partial charge in [0.1, 0.15) is 5.76 Å². The number of rotatable bonds is 5. The van der Waals surface area contributed by atoms with Gasteiger partial charge in [0.25, 0.3) is 0 Å². The highest BCUT2D eigenvalue weighted by molar-refractivity contribution is 4.93. The number of hydrogen-bond donors (Lipinski definition) is 2. The molecule has 0 saturated carbocycles. The molecule has 74 valence electrons. The summed E-state index contributed by atoms with van der Waals surface area (Å²) >= 11 is 0. The van der Waals surface area contributed by atoms with Gasteiger partial charge in [-0.05, 0) is 6.92 Å². The average molecular weight is 183 g/mol. The third-order valence-corrected chi connectivity index (χ3v) is 1.91. The van der Waals surface area contributed by atoms with Gasteiger partial charge in [0, 0.05) is 19.0 Å². The van der Waals surface area contributed by atoms with E-state index in [-0.39, 0.29) is 0 Å². The number of nitrogens with zero attached hydrogens (tertiary/aromatic N) is 1. The van der Waals surface area contributed by atoms with Crippen molar-refractivity contribution in [2.45, 2.75) is 32.9 Å². The highest BCUT2D eigenvalue weighted by Crippen LogP contribution is 2.03. The first-order valence-corrected chi connectivity index (χ1v) is 4.63. The number of oxazole rings is 1. The van der Waals surface area contributed by atoms with Crippen molar-refractivity contribution in [3.63, 3.8) is 0 Å². The van der Waals surface area contributed by atoms with Crippen molar-refractivity contribution in [2.24, 2.45) is 5.73 Å². The van der Waals surface area contributed by atoms with Gasteiger partial charge in [-0.15, -0.1) is 0 Å². The highest BCUT2D eigenvalue weighted by atomic mass is 16.4. The van der Waals surface area contributed by atoms with Gasteiger partial charge in [0.05, 0.1) is 12.7 Å². The summed E-state index contributed by atoms with van der Waals surface area (Å²) in [5.41, 5.74) is 5.45. The van der Waals surface area contributed by atoms with Gasteiger partial charge in [0.2, 0.25) is 5.89 Å². The maximum atomic E-state index is 5.45. The number of nitrogens with two attached hydrogens (primary N) is 1. The van der Waals surface area contributed by atoms with E-state index in [1.54, 1.807) is 6.20 Å². The van der Waals surface area contributed by atoms with Gasteiger partial charge in [0.15, 0.2) is 0 Å². The van der Waals surface area contributed by atoms with Gasteiger partial charge >= 0.3 is 0 Å². The van der Waals surface area contributed by atoms with Crippen molar-refractivity contribution in [3.8, 4) is 0 Å². The van der Waals surface area contributed by atoms with E-state index in [4.69, 9.17) is 10.2 Å². The van der Waals surface area contributed by atoms with Gasteiger partial charge in [-0.1, -0.05) is 6.92 Å². The van der Waals surface area contributed by atoms with Gasteiger partial charge in [-0.3, -0.25) is 0 Å². The summed E-state index contributed by atoms with van der Waals surface area (Å²) in [7, 11) is 0. The lowest BCUT2D eigenvalue weighted by Crippen LogP contribution is -2.32. The fourth-order valence-corrected chi connectivity index (χ4v) is 0.938. The molecule has 0 spiro atoms. The standard InChI is InChI=1S/C9H17N3O/c1-3-8-5-12-9(13-8)6-11-7(2)4-10/h5,7,11H,3-4,6,10H2,1-2H3. The van der Waals surface area contributed by atoms with Gasteiger partial charge < -0.3 is 15.5 Å². The van der Waals surface area contributed by atoms with Crippen molar-refractivity contribution >= 4 is 0 Å². The summed E-state index contributed by atoms with van der Waals surface area (Å²) in [6.07, 6.45) is 2.66. The molecular weight excluding hydrogens is 166 g/mol. The van der Waals surface area contributed by atoms with E-state index in [0.29, 0.717) is 19.1 Å². The van der Waals surface area contributed by atoms with Crippen LogP contribution in [0.5, 0.6) is 0 Å². The molecule has 1 heterocycles. The topological polar surface area (TPSA) is 64.1 Å². The molecule has 1 unspecified atom stereocenters. The molecule has 0 radical (unpaired) electrons. The lowest BCUT2D eigenvalue weighted by atomic mass is 10.3. The van der Waals surface area contributed by atoms with E-state index in [0.717, 1.165) is 18.1 Å². The SMILES string of the molecule is CCc1cnc(CNC(C)CN)o1. The second-order valence-corrected chi connectivity index (χ2v) is 3.09. The van der Waals surface area contributed by atoms with Crippen LogP contribution in [0.15, 0.2) is 10.6 Å². The molecule has 4 heteroatoms. The van der Waals surface area contributed by atoms with E-state index in [1.807, 2.05) is 13.8 Å². The van der Waals surface area contributed by atoms with Gasteiger partial charge in [-0.2, -0.15) is 0 Å². The number of aryl methyl sites for hydroxylation is 1. The van der Waals surface area contributed by atoms with Crippen molar-refractivity contribution in [1.82, 2.24) is 10.3 Å². The third kappa shape index (κ3) is 3.16. The molecule has 0 aliphatic rings. The monoisotopic (exact) mass is 183 g/mol. The Bertz CT molecular complexity index is 247. The Kier molecular flexibility index (Phi) is 3.92. The van der Waals surface area contributed by atoms with Crippen LogP contribution >= 0.6 is 0 Å². The molecule has 4 nitrogen and oxygen atoms in total. The maximum Gasteiger partial charge on any atom is 0.208 e. The number of hydrogen-bond acceptors (Lipinski definition) is 4. The maximum absolute atomic E-state index is 5.45. The van der Waals surface area contributed by atoms with Crippen LogP contribution in [-0.2, 0) is 13.0 Å². The van der Waals surface area contributed by atoms with Gasteiger partial charge in [-0.25, -0.2) is 4.98 Å². The Morgan fingerprint density at radius 1 is 1.69 bits per heavy atom. The molecular formula is C9H17N3O. The molecule has 0 bridgehead atoms. The van der Waals surface area contributed by atoms with Crippen LogP contribution in [0.25, 0.3) is 0 Å². The second-order valence-electron chi connectivity index (χ2n) is 3.09. The van der Waals surface area contributed by atoms with Crippen molar-refractivity contribution in [3.05, 3.63) is 17.8 Å². The zero-order valence-electron chi connectivity index (χ0n) is 8.21. The predicted molar refractivity (Wildman–Crippen MR) is 51.2 cm³/mol. The summed E-state index contributed by atoms with van der Waals surface area (Å²) < 4.78 is 5.41. The van der Waals surface area contributed by atoms with Crippen molar-refractivity contribution < 1.29 is 4.42 Å². The largest absolute Gasteiger partial charge is 0.444 e. The molecule has 13 heavy (non-hydrogen) atoms. The average Bonchev–Trinajstić information content (AvgIpc) is 2.61. The van der Waals surface area contributed by atoms with Crippen molar-refractivity contribution in [2.75, 3.05) is 6.54 Å². The predicted octanol–water partition coefficient (Wildman–Crippen LogP) is 0.674. The summed E-state index contributed by atoms with van der Waals surface area (Å²) in [6.45, 7) is 5.35. The Morgan fingerprint density at radius 2 is 2.46 bits per heavy atom. The minimum atomic E-state index is 0.303. The molecule has 0 aliphatic heterocycles. The molecule has 1 rings (SSSR count). The van der Waals surface area contributed by atoms with E-state index >= 15 is 0 Å². The molecule has 0 aromatic carbocycles. The second kappa shape index (κ2) is 4.99. The number of nitrogens with one attached hydrogen (secondary N) is 1. The lowest BCUT2D eigenvalue weighted by Gasteiger charge is -2.08. The third-order valence-electron chi connectivity index (χ3n) is 1.91. The zero-order valence-corrected chi connectivity index (χ0v) is 8.21. The molecule has 0 fully saturated rings. The van der Waals surface area contributed by atoms with Crippen LogP contribution in [0.4, 0.5) is 0 Å². The van der Waals surface area contributed by atoms with E-state index in [9.17, 15) is 0 Å². The molecule has 1 atom stereocenters. The Balaban J connectivity index is 2.36. The molecule has 0 aliphatic carbocycles. The van der Waals surface area contributed by atoms with E-state index < -0.39 is 0 Å². The Morgan fingerprint density at radius 3 is 3.00 bits per heavy atom. The summed E-state index contributed by atoms with van der Waals surface area (Å²) in [6, 6.07) is 0.303. The van der Waals surface area contributed by atoms with Crippen LogP contribution in [0, 0.1) is 0 Å². The lowest BCUT2D eigenvalue weighted by molar-refractivity contribution is 0.422. The summed E-state index contributed by atoms with van der Waals surface area (Å²) in [4.78, 5) is 4.12. The van der Waals surface area contributed by atoms with Crippen LogP contribution in [0.3, 0.4) is 0 Å². The minimum Gasteiger partial charge on any atom is -0.444 e. The molecule has 3 N–H and O–H groups in total. The van der Waals surface area contributed by atoms with E-state index in [2.05, 4.69) is 10.3 Å². The minimum absolute atomic E-state index is 0.303. The van der Waals surface area contributed by atoms with Crippen LogP contribution < -0.4 is 11.1 Å². The van der Waals surface area contributed by atoms with E-state index in [1.165, 1.54) is 0 Å². The highest BCUT2D eigenvalue weighted by Gasteiger charge is 2.03. The Labute approximate surface area is 78.5 Å².